The van der Waals surface area contributed by atoms with Crippen molar-refractivity contribution in [3.8, 4) is 0 Å². The summed E-state index contributed by atoms with van der Waals surface area (Å²) in [5, 5.41) is 5.60. The van der Waals surface area contributed by atoms with Crippen molar-refractivity contribution in [1.29, 1.82) is 0 Å². The van der Waals surface area contributed by atoms with E-state index in [2.05, 4.69) is 26.6 Å². The van der Waals surface area contributed by atoms with Gasteiger partial charge in [0.05, 0.1) is 21.8 Å². The van der Waals surface area contributed by atoms with Crippen LogP contribution in [0.1, 0.15) is 20.7 Å². The highest BCUT2D eigenvalue weighted by atomic mass is 79.9. The van der Waals surface area contributed by atoms with Crippen LogP contribution in [0.5, 0.6) is 0 Å². The molecule has 2 rings (SSSR count). The molecule has 0 radical (unpaired) electrons. The van der Waals surface area contributed by atoms with Crippen LogP contribution in [0, 0.1) is 0 Å². The number of hydrogen-bond donors (Lipinski definition) is 3. The normalized spacial score (nSPS) is 10.0. The third-order valence-electron chi connectivity index (χ3n) is 2.84. The SMILES string of the molecule is NC(=O)c1ccccc1NC(=S)NC(=O)c1cc(Br)ccc1Cl. The Balaban J connectivity index is 2.12. The zero-order valence-corrected chi connectivity index (χ0v) is 14.8. The highest BCUT2D eigenvalue weighted by molar-refractivity contribution is 9.10. The molecule has 0 heterocycles. The Morgan fingerprint density at radius 2 is 1.83 bits per heavy atom. The first kappa shape index (κ1) is 17.4. The van der Waals surface area contributed by atoms with Gasteiger partial charge in [0.2, 0.25) is 0 Å². The van der Waals surface area contributed by atoms with E-state index in [9.17, 15) is 9.59 Å². The highest BCUT2D eigenvalue weighted by Gasteiger charge is 2.14. The fraction of sp³-hybridized carbons (Fsp3) is 0. The topological polar surface area (TPSA) is 84.2 Å². The lowest BCUT2D eigenvalue weighted by Crippen LogP contribution is -2.34. The summed E-state index contributed by atoms with van der Waals surface area (Å²) in [4.78, 5) is 23.6. The largest absolute Gasteiger partial charge is 0.366 e. The number of nitrogens with one attached hydrogen (secondary N) is 2. The summed E-state index contributed by atoms with van der Waals surface area (Å²) in [6.07, 6.45) is 0. The van der Waals surface area contributed by atoms with Crippen molar-refractivity contribution in [1.82, 2.24) is 5.32 Å². The Morgan fingerprint density at radius 3 is 2.52 bits per heavy atom. The molecule has 0 saturated carbocycles. The lowest BCUT2D eigenvalue weighted by Gasteiger charge is -2.12. The molecule has 0 unspecified atom stereocenters. The van der Waals surface area contributed by atoms with Crippen LogP contribution in [0.3, 0.4) is 0 Å². The molecule has 0 fully saturated rings. The second-order valence-corrected chi connectivity index (χ2v) is 6.17. The molecular formula is C15H11BrClN3O2S. The maximum absolute atomic E-state index is 12.2. The van der Waals surface area contributed by atoms with Crippen LogP contribution >= 0.6 is 39.7 Å². The number of benzene rings is 2. The second-order valence-electron chi connectivity index (χ2n) is 4.44. The summed E-state index contributed by atoms with van der Waals surface area (Å²) in [5.41, 5.74) is 6.23. The van der Waals surface area contributed by atoms with Gasteiger partial charge in [0.25, 0.3) is 11.8 Å². The summed E-state index contributed by atoms with van der Waals surface area (Å²) in [7, 11) is 0. The number of rotatable bonds is 3. The van der Waals surface area contributed by atoms with Crippen molar-refractivity contribution in [3.05, 3.63) is 63.1 Å². The maximum Gasteiger partial charge on any atom is 0.258 e. The smallest absolute Gasteiger partial charge is 0.258 e. The van der Waals surface area contributed by atoms with Crippen LogP contribution in [0.4, 0.5) is 5.69 Å². The molecule has 0 aliphatic carbocycles. The van der Waals surface area contributed by atoms with E-state index in [-0.39, 0.29) is 16.2 Å². The van der Waals surface area contributed by atoms with Gasteiger partial charge < -0.3 is 11.1 Å². The number of amides is 2. The van der Waals surface area contributed by atoms with E-state index in [0.717, 1.165) is 0 Å². The minimum atomic E-state index is -0.600. The summed E-state index contributed by atoms with van der Waals surface area (Å²) >= 11 is 14.4. The van der Waals surface area contributed by atoms with Gasteiger partial charge in [-0.25, -0.2) is 0 Å². The number of para-hydroxylation sites is 1. The molecule has 0 bridgehead atoms. The van der Waals surface area contributed by atoms with Crippen LogP contribution in [-0.2, 0) is 0 Å². The fourth-order valence-electron chi connectivity index (χ4n) is 1.80. The van der Waals surface area contributed by atoms with Crippen LogP contribution in [0.25, 0.3) is 0 Å². The zero-order chi connectivity index (χ0) is 17.0. The Hall–Kier alpha value is -1.96. The van der Waals surface area contributed by atoms with Crippen molar-refractivity contribution in [2.75, 3.05) is 5.32 Å². The molecule has 2 amide bonds. The molecule has 0 aromatic heterocycles. The van der Waals surface area contributed by atoms with Gasteiger partial charge >= 0.3 is 0 Å². The number of hydrogen-bond acceptors (Lipinski definition) is 3. The summed E-state index contributed by atoms with van der Waals surface area (Å²) in [6, 6.07) is 11.5. The molecule has 0 saturated heterocycles. The van der Waals surface area contributed by atoms with Gasteiger partial charge in [0, 0.05) is 4.47 Å². The number of carbonyl (C=O) groups is 2. The zero-order valence-electron chi connectivity index (χ0n) is 11.6. The number of nitrogens with two attached hydrogens (primary N) is 1. The predicted octanol–water partition coefficient (Wildman–Crippen LogP) is 3.33. The molecule has 8 heteroatoms. The summed E-state index contributed by atoms with van der Waals surface area (Å²) in [5.74, 6) is -1.07. The van der Waals surface area contributed by atoms with Crippen LogP contribution < -0.4 is 16.4 Å². The number of anilines is 1. The first-order valence-electron chi connectivity index (χ1n) is 6.34. The molecule has 0 aliphatic heterocycles. The van der Waals surface area contributed by atoms with Crippen LogP contribution in [-0.4, -0.2) is 16.9 Å². The lowest BCUT2D eigenvalue weighted by atomic mass is 10.1. The molecular weight excluding hydrogens is 402 g/mol. The van der Waals surface area contributed by atoms with E-state index in [1.54, 1.807) is 42.5 Å². The number of carbonyl (C=O) groups excluding carboxylic acids is 2. The molecule has 4 N–H and O–H groups in total. The van der Waals surface area contributed by atoms with E-state index in [1.165, 1.54) is 0 Å². The number of thiocarbonyl (C=S) groups is 1. The highest BCUT2D eigenvalue weighted by Crippen LogP contribution is 2.21. The summed E-state index contributed by atoms with van der Waals surface area (Å²) < 4.78 is 0.713. The standard InChI is InChI=1S/C15H11BrClN3O2S/c16-8-5-6-11(17)10(7-8)14(22)20-15(23)19-12-4-2-1-3-9(12)13(18)21/h1-7H,(H2,18,21)(H2,19,20,22,23). The first-order valence-corrected chi connectivity index (χ1v) is 7.92. The van der Waals surface area contributed by atoms with Crippen molar-refractivity contribution in [2.45, 2.75) is 0 Å². The van der Waals surface area contributed by atoms with Crippen molar-refractivity contribution >= 4 is 62.4 Å². The van der Waals surface area contributed by atoms with E-state index >= 15 is 0 Å². The molecule has 2 aromatic rings. The van der Waals surface area contributed by atoms with Gasteiger partial charge in [0.1, 0.15) is 0 Å². The van der Waals surface area contributed by atoms with E-state index in [1.807, 2.05) is 0 Å². The molecule has 118 valence electrons. The molecule has 2 aromatic carbocycles. The quantitative estimate of drug-likeness (QED) is 0.675. The third kappa shape index (κ3) is 4.51. The van der Waals surface area contributed by atoms with Crippen LogP contribution in [0.15, 0.2) is 46.9 Å². The Morgan fingerprint density at radius 1 is 1.13 bits per heavy atom. The van der Waals surface area contributed by atoms with Gasteiger partial charge in [-0.2, -0.15) is 0 Å². The Bertz CT molecular complexity index is 798. The Kier molecular flexibility index (Phi) is 5.70. The van der Waals surface area contributed by atoms with E-state index in [4.69, 9.17) is 29.6 Å². The average Bonchev–Trinajstić information content (AvgIpc) is 2.49. The van der Waals surface area contributed by atoms with Gasteiger partial charge in [-0.05, 0) is 42.5 Å². The molecule has 0 atom stereocenters. The van der Waals surface area contributed by atoms with Gasteiger partial charge in [-0.1, -0.05) is 39.7 Å². The number of primary amides is 1. The van der Waals surface area contributed by atoms with Gasteiger partial charge in [-0.3, -0.25) is 14.9 Å². The first-order chi connectivity index (χ1) is 10.9. The Labute approximate surface area is 151 Å². The average molecular weight is 413 g/mol. The summed E-state index contributed by atoms with van der Waals surface area (Å²) in [6.45, 7) is 0. The molecule has 5 nitrogen and oxygen atoms in total. The minimum absolute atomic E-state index is 0.0275. The van der Waals surface area contributed by atoms with E-state index < -0.39 is 11.8 Å². The molecule has 0 aliphatic rings. The van der Waals surface area contributed by atoms with Crippen molar-refractivity contribution in [3.63, 3.8) is 0 Å². The van der Waals surface area contributed by atoms with E-state index in [0.29, 0.717) is 15.2 Å². The van der Waals surface area contributed by atoms with Gasteiger partial charge in [0.15, 0.2) is 5.11 Å². The van der Waals surface area contributed by atoms with Crippen molar-refractivity contribution in [2.24, 2.45) is 5.73 Å². The second kappa shape index (κ2) is 7.54. The molecule has 0 spiro atoms. The monoisotopic (exact) mass is 411 g/mol. The fourth-order valence-corrected chi connectivity index (χ4v) is 2.57. The van der Waals surface area contributed by atoms with Crippen molar-refractivity contribution < 1.29 is 9.59 Å². The lowest BCUT2D eigenvalue weighted by molar-refractivity contribution is 0.0975. The third-order valence-corrected chi connectivity index (χ3v) is 3.87. The van der Waals surface area contributed by atoms with Crippen LogP contribution in [0.2, 0.25) is 5.02 Å². The molecule has 23 heavy (non-hydrogen) atoms. The maximum atomic E-state index is 12.2. The van der Waals surface area contributed by atoms with Gasteiger partial charge in [-0.15, -0.1) is 0 Å². The predicted molar refractivity (Wildman–Crippen MR) is 97.8 cm³/mol. The minimum Gasteiger partial charge on any atom is -0.366 e. The number of halogens is 2.